The van der Waals surface area contributed by atoms with Gasteiger partial charge in [-0.1, -0.05) is 18.2 Å². The number of alkyl halides is 2. The Bertz CT molecular complexity index is 577. The van der Waals surface area contributed by atoms with Gasteiger partial charge in [-0.05, 0) is 12.5 Å². The number of nitrogens with zero attached hydrogens (tertiary/aromatic N) is 1. The van der Waals surface area contributed by atoms with Crippen molar-refractivity contribution in [1.29, 1.82) is 0 Å². The molecule has 0 fully saturated rings. The monoisotopic (exact) mass is 240 g/mol. The zero-order valence-corrected chi connectivity index (χ0v) is 8.81. The highest BCUT2D eigenvalue weighted by Gasteiger charge is 2.15. The van der Waals surface area contributed by atoms with Gasteiger partial charge in [0.1, 0.15) is 6.09 Å². The number of rotatable bonds is 2. The number of para-hydroxylation sites is 1. The van der Waals surface area contributed by atoms with Gasteiger partial charge in [-0.3, -0.25) is 4.57 Å². The molecule has 0 N–H and O–H groups in total. The number of fused-ring (bicyclic) bond motifs is 1. The summed E-state index contributed by atoms with van der Waals surface area (Å²) in [5.74, 6) is -0.440. The molecular weight excluding hydrogens is 232 g/mol. The van der Waals surface area contributed by atoms with Crippen LogP contribution in [0.1, 0.15) is 5.56 Å². The van der Waals surface area contributed by atoms with Crippen molar-refractivity contribution in [1.82, 2.24) is 4.57 Å². The smallest absolute Gasteiger partial charge is 0.388 e. The van der Waals surface area contributed by atoms with Crippen LogP contribution in [-0.2, 0) is 0 Å². The largest absolute Gasteiger partial charge is 0.529 e. The van der Waals surface area contributed by atoms with Crippen LogP contribution < -0.4 is 9.84 Å². The average molecular weight is 240 g/mol. The molecule has 0 aliphatic heterocycles. The molecule has 0 aliphatic carbocycles. The molecule has 17 heavy (non-hydrogen) atoms. The first kappa shape index (κ1) is 11.4. The average Bonchev–Trinajstić information content (AvgIpc) is 2.56. The van der Waals surface area contributed by atoms with Crippen LogP contribution in [0.5, 0.6) is 5.88 Å². The van der Waals surface area contributed by atoms with Crippen molar-refractivity contribution >= 4 is 17.0 Å². The van der Waals surface area contributed by atoms with Gasteiger partial charge in [-0.2, -0.15) is 8.78 Å². The Morgan fingerprint density at radius 1 is 1.47 bits per heavy atom. The number of carbonyl (C=O) groups is 1. The number of carbonyl (C=O) groups excluding carboxylic acids is 1. The Balaban J connectivity index is 2.72. The Morgan fingerprint density at radius 2 is 2.18 bits per heavy atom. The summed E-state index contributed by atoms with van der Waals surface area (Å²) in [5.41, 5.74) is 0.930. The van der Waals surface area contributed by atoms with E-state index in [1.807, 2.05) is 0 Å². The summed E-state index contributed by atoms with van der Waals surface area (Å²) in [4.78, 5) is 11.0. The fraction of sp³-hybridized carbons (Fsp3) is 0.182. The molecule has 6 heteroatoms. The van der Waals surface area contributed by atoms with Crippen molar-refractivity contribution in [2.24, 2.45) is 0 Å². The van der Waals surface area contributed by atoms with E-state index in [1.165, 1.54) is 6.07 Å². The van der Waals surface area contributed by atoms with E-state index in [4.69, 9.17) is 0 Å². The van der Waals surface area contributed by atoms with E-state index in [0.717, 1.165) is 0 Å². The molecule has 0 saturated heterocycles. The van der Waals surface area contributed by atoms with Crippen LogP contribution >= 0.6 is 0 Å². The van der Waals surface area contributed by atoms with Crippen LogP contribution in [0.2, 0.25) is 0 Å². The second kappa shape index (κ2) is 4.04. The van der Waals surface area contributed by atoms with Gasteiger partial charge in [0, 0.05) is 11.5 Å². The molecule has 2 aromatic rings. The van der Waals surface area contributed by atoms with E-state index in [2.05, 4.69) is 4.74 Å². The van der Waals surface area contributed by atoms with E-state index in [0.29, 0.717) is 21.0 Å². The molecule has 0 bridgehead atoms. The molecule has 2 rings (SSSR count). The minimum Gasteiger partial charge on any atom is -0.529 e. The van der Waals surface area contributed by atoms with E-state index < -0.39 is 18.6 Å². The molecule has 1 heterocycles. The summed E-state index contributed by atoms with van der Waals surface area (Å²) < 4.78 is 29.1. The minimum absolute atomic E-state index is 0.295. The van der Waals surface area contributed by atoms with Gasteiger partial charge in [0.25, 0.3) is 0 Å². The molecule has 4 nitrogen and oxygen atoms in total. The number of hydrogen-bond acceptors (Lipinski definition) is 3. The topological polar surface area (TPSA) is 54.3 Å². The van der Waals surface area contributed by atoms with Crippen molar-refractivity contribution in [3.63, 3.8) is 0 Å². The number of ether oxygens (including phenoxy) is 1. The molecule has 1 aromatic carbocycles. The summed E-state index contributed by atoms with van der Waals surface area (Å²) in [6.45, 7) is -1.41. The fourth-order valence-electron chi connectivity index (χ4n) is 1.77. The van der Waals surface area contributed by atoms with Crippen LogP contribution in [0.4, 0.5) is 13.6 Å². The second-order valence-electron chi connectivity index (χ2n) is 3.48. The molecule has 0 unspecified atom stereocenters. The summed E-state index contributed by atoms with van der Waals surface area (Å²) in [7, 11) is 0. The lowest BCUT2D eigenvalue weighted by atomic mass is 10.2. The Kier molecular flexibility index (Phi) is 2.71. The van der Waals surface area contributed by atoms with Crippen molar-refractivity contribution in [3.8, 4) is 5.88 Å². The summed E-state index contributed by atoms with van der Waals surface area (Å²) in [6, 6.07) is 6.22. The highest BCUT2D eigenvalue weighted by molar-refractivity contribution is 5.92. The third kappa shape index (κ3) is 1.93. The van der Waals surface area contributed by atoms with Gasteiger partial charge in [-0.15, -0.1) is 0 Å². The number of hydrogen-bond donors (Lipinski definition) is 0. The fourth-order valence-corrected chi connectivity index (χ4v) is 1.77. The molecule has 0 spiro atoms. The van der Waals surface area contributed by atoms with Crippen LogP contribution in [0.15, 0.2) is 24.3 Å². The molecule has 0 saturated carbocycles. The second-order valence-corrected chi connectivity index (χ2v) is 3.48. The molecule has 1 aromatic heterocycles. The van der Waals surface area contributed by atoms with Gasteiger partial charge in [0.2, 0.25) is 5.88 Å². The highest BCUT2D eigenvalue weighted by Crippen LogP contribution is 2.28. The Morgan fingerprint density at radius 3 is 2.76 bits per heavy atom. The predicted molar refractivity (Wildman–Crippen MR) is 54.1 cm³/mol. The molecule has 0 amide bonds. The van der Waals surface area contributed by atoms with Gasteiger partial charge in [-0.25, -0.2) is 0 Å². The number of benzene rings is 1. The molecule has 0 aliphatic rings. The molecule has 0 atom stereocenters. The lowest BCUT2D eigenvalue weighted by Gasteiger charge is -2.12. The third-order valence-corrected chi connectivity index (χ3v) is 2.38. The first-order chi connectivity index (χ1) is 8.00. The predicted octanol–water partition coefficient (Wildman–Crippen LogP) is 1.74. The van der Waals surface area contributed by atoms with E-state index in [-0.39, 0.29) is 0 Å². The number of carboxylic acid groups (broad SMARTS) is 1. The number of aromatic nitrogens is 1. The van der Waals surface area contributed by atoms with Crippen molar-refractivity contribution in [3.05, 3.63) is 29.8 Å². The van der Waals surface area contributed by atoms with Gasteiger partial charge >= 0.3 is 6.61 Å². The zero-order chi connectivity index (χ0) is 12.6. The maximum absolute atomic E-state index is 12.1. The SMILES string of the molecule is Cc1cccc2cc(OC(F)F)n(C(=O)[O-])c12. The first-order valence-electron chi connectivity index (χ1n) is 4.78. The van der Waals surface area contributed by atoms with Crippen LogP contribution in [0, 0.1) is 6.92 Å². The van der Waals surface area contributed by atoms with Gasteiger partial charge < -0.3 is 14.6 Å². The zero-order valence-electron chi connectivity index (χ0n) is 8.81. The van der Waals surface area contributed by atoms with Gasteiger partial charge in [0.15, 0.2) is 0 Å². The normalized spacial score (nSPS) is 11.1. The van der Waals surface area contributed by atoms with Crippen molar-refractivity contribution in [2.75, 3.05) is 0 Å². The van der Waals surface area contributed by atoms with Crippen LogP contribution in [-0.4, -0.2) is 17.3 Å². The minimum atomic E-state index is -3.09. The van der Waals surface area contributed by atoms with Crippen LogP contribution in [0.25, 0.3) is 10.9 Å². The summed E-state index contributed by atoms with van der Waals surface area (Å²) in [6.07, 6.45) is -1.61. The molecular formula is C11H8F2NO3-. The van der Waals surface area contributed by atoms with Crippen molar-refractivity contribution < 1.29 is 23.4 Å². The lowest BCUT2D eigenvalue weighted by Crippen LogP contribution is -2.29. The highest BCUT2D eigenvalue weighted by atomic mass is 19.3. The molecule has 0 radical (unpaired) electrons. The number of halogens is 2. The molecule has 90 valence electrons. The van der Waals surface area contributed by atoms with E-state index >= 15 is 0 Å². The standard InChI is InChI=1S/C11H9F2NO3/c1-6-3-2-4-7-5-8(17-10(12)13)14(9(6)7)11(15)16/h2-5,10H,1H3,(H,15,16)/p-1. The van der Waals surface area contributed by atoms with Crippen LogP contribution in [0.3, 0.4) is 0 Å². The first-order valence-corrected chi connectivity index (χ1v) is 4.78. The quantitative estimate of drug-likeness (QED) is 0.803. The van der Waals surface area contributed by atoms with E-state index in [1.54, 1.807) is 25.1 Å². The van der Waals surface area contributed by atoms with Crippen molar-refractivity contribution in [2.45, 2.75) is 13.5 Å². The number of aryl methyl sites for hydroxylation is 1. The van der Waals surface area contributed by atoms with E-state index in [9.17, 15) is 18.7 Å². The maximum Gasteiger partial charge on any atom is 0.388 e. The summed E-state index contributed by atoms with van der Waals surface area (Å²) in [5, 5.41) is 11.5. The lowest BCUT2D eigenvalue weighted by molar-refractivity contribution is -0.250. The van der Waals surface area contributed by atoms with Gasteiger partial charge in [0.05, 0.1) is 5.52 Å². The Hall–Kier alpha value is -2.11. The maximum atomic E-state index is 12.1. The third-order valence-electron chi connectivity index (χ3n) is 2.38. The Labute approximate surface area is 95.0 Å². The summed E-state index contributed by atoms with van der Waals surface area (Å²) >= 11 is 0.